The maximum atomic E-state index is 13.4. The smallest absolute Gasteiger partial charge is 0.410 e. The SMILES string of the molecule is CC1(C)CC(NC(=O)Oc2ccccc2C(C)(C)c2ccccc2)CC(C)(CNC(=O)Oc2ccccc2C(C)(C)c2ccccc2)C1. The molecule has 1 aliphatic rings. The Hall–Kier alpha value is -4.58. The van der Waals surface area contributed by atoms with Crippen LogP contribution in [-0.2, 0) is 10.8 Å². The number of carbonyl (C=O) groups is 2. The van der Waals surface area contributed by atoms with Crippen LogP contribution >= 0.6 is 0 Å². The van der Waals surface area contributed by atoms with Gasteiger partial charge in [0.25, 0.3) is 0 Å². The van der Waals surface area contributed by atoms with Crippen molar-refractivity contribution in [1.29, 1.82) is 0 Å². The van der Waals surface area contributed by atoms with Crippen molar-refractivity contribution in [2.75, 3.05) is 6.54 Å². The number of ether oxygens (including phenoxy) is 2. The first-order valence-electron chi connectivity index (χ1n) is 16.9. The summed E-state index contributed by atoms with van der Waals surface area (Å²) < 4.78 is 11.9. The molecule has 0 heterocycles. The number of rotatable bonds is 9. The van der Waals surface area contributed by atoms with Crippen LogP contribution in [0.25, 0.3) is 0 Å². The molecule has 4 aromatic carbocycles. The lowest BCUT2D eigenvalue weighted by Crippen LogP contribution is -2.51. The summed E-state index contributed by atoms with van der Waals surface area (Å²) in [7, 11) is 0. The Morgan fingerprint density at radius 2 is 1.08 bits per heavy atom. The topological polar surface area (TPSA) is 76.7 Å². The molecule has 1 aliphatic carbocycles. The number of benzene rings is 4. The minimum Gasteiger partial charge on any atom is -0.410 e. The van der Waals surface area contributed by atoms with Gasteiger partial charge in [-0.1, -0.05) is 146 Å². The van der Waals surface area contributed by atoms with Crippen LogP contribution in [0, 0.1) is 10.8 Å². The zero-order valence-corrected chi connectivity index (χ0v) is 29.4. The van der Waals surface area contributed by atoms with Gasteiger partial charge in [-0.3, -0.25) is 0 Å². The second-order valence-corrected chi connectivity index (χ2v) is 15.5. The third-order valence-electron chi connectivity index (χ3n) is 9.94. The Kier molecular flexibility index (Phi) is 10.0. The van der Waals surface area contributed by atoms with E-state index in [0.29, 0.717) is 24.5 Å². The fourth-order valence-corrected chi connectivity index (χ4v) is 7.75. The summed E-state index contributed by atoms with van der Waals surface area (Å²) in [4.78, 5) is 26.6. The molecule has 1 saturated carbocycles. The van der Waals surface area contributed by atoms with E-state index in [1.807, 2.05) is 84.9 Å². The minimum atomic E-state index is -0.488. The number of hydrogen-bond donors (Lipinski definition) is 2. The average molecular weight is 647 g/mol. The van der Waals surface area contributed by atoms with Crippen LogP contribution in [0.1, 0.15) is 90.0 Å². The molecule has 0 radical (unpaired) electrons. The Bertz CT molecular complexity index is 1710. The molecule has 4 aromatic rings. The van der Waals surface area contributed by atoms with E-state index in [1.54, 1.807) is 0 Å². The van der Waals surface area contributed by atoms with Crippen LogP contribution in [0.4, 0.5) is 9.59 Å². The van der Waals surface area contributed by atoms with Gasteiger partial charge in [0.15, 0.2) is 0 Å². The van der Waals surface area contributed by atoms with Gasteiger partial charge in [0.05, 0.1) is 0 Å². The molecule has 48 heavy (non-hydrogen) atoms. The van der Waals surface area contributed by atoms with E-state index in [-0.39, 0.29) is 27.7 Å². The lowest BCUT2D eigenvalue weighted by molar-refractivity contribution is 0.0701. The summed E-state index contributed by atoms with van der Waals surface area (Å²) in [6, 6.07) is 35.8. The summed E-state index contributed by atoms with van der Waals surface area (Å²) >= 11 is 0. The van der Waals surface area contributed by atoms with Crippen molar-refractivity contribution < 1.29 is 19.1 Å². The predicted molar refractivity (Wildman–Crippen MR) is 193 cm³/mol. The van der Waals surface area contributed by atoms with Crippen LogP contribution < -0.4 is 20.1 Å². The van der Waals surface area contributed by atoms with Crippen LogP contribution in [0.5, 0.6) is 11.5 Å². The minimum absolute atomic E-state index is 0.0595. The van der Waals surface area contributed by atoms with Crippen molar-refractivity contribution >= 4 is 12.2 Å². The van der Waals surface area contributed by atoms with Gasteiger partial charge in [0.1, 0.15) is 11.5 Å². The van der Waals surface area contributed by atoms with Gasteiger partial charge < -0.3 is 20.1 Å². The Morgan fingerprint density at radius 1 is 0.646 bits per heavy atom. The summed E-state index contributed by atoms with van der Waals surface area (Å²) in [5, 5.41) is 6.20. The first-order chi connectivity index (χ1) is 22.7. The Balaban J connectivity index is 1.23. The van der Waals surface area contributed by atoms with Crippen LogP contribution in [0.3, 0.4) is 0 Å². The molecule has 2 amide bonds. The second-order valence-electron chi connectivity index (χ2n) is 15.5. The molecule has 2 atom stereocenters. The highest BCUT2D eigenvalue weighted by Crippen LogP contribution is 2.46. The standard InChI is InChI=1S/C42H50N2O4/c1-39(2)26-32(44-38(46)48-36-25-17-15-23-34(36)41(5,6)31-20-12-9-13-21-31)27-42(7,28-39)29-43-37(45)47-35-24-16-14-22-33(35)40(3,4)30-18-10-8-11-19-30/h8-25,32H,26-29H2,1-7H3,(H,43,45)(H,44,46). The monoisotopic (exact) mass is 646 g/mol. The predicted octanol–water partition coefficient (Wildman–Crippen LogP) is 9.80. The maximum absolute atomic E-state index is 13.4. The molecule has 0 aromatic heterocycles. The summed E-state index contributed by atoms with van der Waals surface area (Å²) in [6.45, 7) is 15.5. The molecule has 6 nitrogen and oxygen atoms in total. The van der Waals surface area contributed by atoms with E-state index in [2.05, 4.69) is 83.4 Å². The van der Waals surface area contributed by atoms with Gasteiger partial charge in [-0.15, -0.1) is 0 Å². The highest BCUT2D eigenvalue weighted by atomic mass is 16.6. The lowest BCUT2D eigenvalue weighted by Gasteiger charge is -2.46. The fourth-order valence-electron chi connectivity index (χ4n) is 7.75. The van der Waals surface area contributed by atoms with E-state index in [1.165, 1.54) is 0 Å². The van der Waals surface area contributed by atoms with Crippen molar-refractivity contribution in [3.05, 3.63) is 131 Å². The number of amides is 2. The quantitative estimate of drug-likeness (QED) is 0.190. The highest BCUT2D eigenvalue weighted by Gasteiger charge is 2.42. The molecule has 252 valence electrons. The van der Waals surface area contributed by atoms with Crippen molar-refractivity contribution in [2.45, 2.75) is 84.6 Å². The van der Waals surface area contributed by atoms with Gasteiger partial charge in [0.2, 0.25) is 0 Å². The fraction of sp³-hybridized carbons (Fsp3) is 0.381. The molecule has 0 aliphatic heterocycles. The lowest BCUT2D eigenvalue weighted by atomic mass is 9.62. The first kappa shape index (κ1) is 34.7. The van der Waals surface area contributed by atoms with E-state index in [0.717, 1.165) is 35.1 Å². The summed E-state index contributed by atoms with van der Waals surface area (Å²) in [6.07, 6.45) is 1.43. The van der Waals surface area contributed by atoms with Crippen LogP contribution in [0.2, 0.25) is 0 Å². The number of carbonyl (C=O) groups excluding carboxylic acids is 2. The van der Waals surface area contributed by atoms with Crippen molar-refractivity contribution in [3.63, 3.8) is 0 Å². The van der Waals surface area contributed by atoms with E-state index in [9.17, 15) is 9.59 Å². The van der Waals surface area contributed by atoms with Gasteiger partial charge >= 0.3 is 12.2 Å². The molecule has 2 unspecified atom stereocenters. The molecule has 0 spiro atoms. The summed E-state index contributed by atoms with van der Waals surface area (Å²) in [5.74, 6) is 1.08. The Labute approximate surface area is 286 Å². The zero-order chi connectivity index (χ0) is 34.6. The molecule has 2 N–H and O–H groups in total. The third kappa shape index (κ3) is 8.10. The molecular formula is C42H50N2O4. The van der Waals surface area contributed by atoms with E-state index in [4.69, 9.17) is 9.47 Å². The molecular weight excluding hydrogens is 596 g/mol. The van der Waals surface area contributed by atoms with Gasteiger partial charge in [0, 0.05) is 34.5 Å². The highest BCUT2D eigenvalue weighted by molar-refractivity contribution is 5.72. The number of para-hydroxylation sites is 2. The summed E-state index contributed by atoms with van der Waals surface area (Å²) in [5.41, 5.74) is 3.11. The van der Waals surface area contributed by atoms with Crippen LogP contribution in [0.15, 0.2) is 109 Å². The zero-order valence-electron chi connectivity index (χ0n) is 29.4. The van der Waals surface area contributed by atoms with Crippen molar-refractivity contribution in [2.24, 2.45) is 10.8 Å². The first-order valence-corrected chi connectivity index (χ1v) is 16.9. The van der Waals surface area contributed by atoms with Crippen molar-refractivity contribution in [1.82, 2.24) is 10.6 Å². The number of nitrogens with one attached hydrogen (secondary N) is 2. The number of hydrogen-bond acceptors (Lipinski definition) is 4. The molecule has 0 bridgehead atoms. The molecule has 1 fully saturated rings. The molecule has 6 heteroatoms. The third-order valence-corrected chi connectivity index (χ3v) is 9.94. The van der Waals surface area contributed by atoms with Gasteiger partial charge in [-0.05, 0) is 53.4 Å². The van der Waals surface area contributed by atoms with Crippen LogP contribution in [-0.4, -0.2) is 24.8 Å². The average Bonchev–Trinajstić information content (AvgIpc) is 3.04. The van der Waals surface area contributed by atoms with E-state index >= 15 is 0 Å². The van der Waals surface area contributed by atoms with Gasteiger partial charge in [-0.2, -0.15) is 0 Å². The molecule has 5 rings (SSSR count). The maximum Gasteiger partial charge on any atom is 0.412 e. The molecule has 0 saturated heterocycles. The van der Waals surface area contributed by atoms with Crippen molar-refractivity contribution in [3.8, 4) is 11.5 Å². The normalized spacial score (nSPS) is 19.2. The second kappa shape index (κ2) is 13.9. The Morgan fingerprint density at radius 3 is 1.58 bits per heavy atom. The van der Waals surface area contributed by atoms with E-state index < -0.39 is 12.2 Å². The van der Waals surface area contributed by atoms with Gasteiger partial charge in [-0.25, -0.2) is 9.59 Å². The largest absolute Gasteiger partial charge is 0.412 e.